The fraction of sp³-hybridized carbons (Fsp3) is 0.625. The lowest BCUT2D eigenvalue weighted by Gasteiger charge is -2.17. The van der Waals surface area contributed by atoms with Gasteiger partial charge in [0.15, 0.2) is 0 Å². The Kier molecular flexibility index (Phi) is 0.885. The Hall–Kier alpha value is -1.03. The molecule has 2 N–H and O–H groups in total. The number of H-pyrrole nitrogens is 1. The first-order chi connectivity index (χ1) is 7.18. The molecule has 0 amide bonds. The van der Waals surface area contributed by atoms with Gasteiger partial charge < -0.3 is 10.0 Å². The molecule has 2 heterocycles. The van der Waals surface area contributed by atoms with Crippen LogP contribution in [0.1, 0.15) is 18.8 Å². The highest BCUT2D eigenvalue weighted by Crippen LogP contribution is 2.24. The number of rotatable bonds is 1. The third-order valence-electron chi connectivity index (χ3n) is 1.65. The van der Waals surface area contributed by atoms with E-state index in [2.05, 4.69) is 10.2 Å². The number of hydrogen-bond donors (Lipinski definition) is 2. The second kappa shape index (κ2) is 2.48. The molecule has 0 radical (unpaired) electrons. The third kappa shape index (κ3) is 1.30. The lowest BCUT2D eigenvalue weighted by Crippen LogP contribution is -2.29. The van der Waals surface area contributed by atoms with Gasteiger partial charge in [-0.05, 0) is 13.3 Å². The normalized spacial score (nSPS) is 43.0. The Balaban J connectivity index is 2.51. The number of aromatic nitrogens is 2. The second-order valence-electron chi connectivity index (χ2n) is 2.99. The number of hydrogen-bond acceptors (Lipinski definition) is 3. The van der Waals surface area contributed by atoms with Gasteiger partial charge in [-0.2, -0.15) is 5.10 Å². The van der Waals surface area contributed by atoms with Crippen LogP contribution in [-0.2, 0) is 0 Å². The van der Waals surface area contributed by atoms with Crippen molar-refractivity contribution in [2.45, 2.75) is 18.9 Å². The van der Waals surface area contributed by atoms with E-state index < -0.39 is 18.6 Å². The van der Waals surface area contributed by atoms with Crippen LogP contribution in [0.4, 0.5) is 5.82 Å². The Labute approximate surface area is 76.8 Å². The van der Waals surface area contributed by atoms with Crippen molar-refractivity contribution in [3.05, 3.63) is 12.3 Å². The van der Waals surface area contributed by atoms with E-state index in [1.807, 2.05) is 0 Å². The van der Waals surface area contributed by atoms with E-state index in [9.17, 15) is 5.11 Å². The summed E-state index contributed by atoms with van der Waals surface area (Å²) in [5, 5.41) is 16.2. The minimum atomic E-state index is -2.20. The lowest BCUT2D eigenvalue weighted by atomic mass is 10.1. The summed E-state index contributed by atoms with van der Waals surface area (Å²) >= 11 is 0. The standard InChI is InChI=1S/C8H13N3O/c1-8(12)3-5-11(6-8)7-2-4-9-10-7/h2,4,12H,3,5-6H2,1H3,(H,9,10)/i5D2,6D2. The summed E-state index contributed by atoms with van der Waals surface area (Å²) < 4.78 is 31.2. The summed E-state index contributed by atoms with van der Waals surface area (Å²) in [4.78, 5) is 0.872. The summed E-state index contributed by atoms with van der Waals surface area (Å²) in [5.41, 5.74) is -1.75. The zero-order valence-electron chi connectivity index (χ0n) is 10.7. The maximum atomic E-state index is 9.93. The molecular weight excluding hydrogens is 154 g/mol. The van der Waals surface area contributed by atoms with Gasteiger partial charge in [0.1, 0.15) is 5.82 Å². The SMILES string of the molecule is [2H]C1([2H])CC(C)(O)C([2H])([2H])N1c1cc[nH]n1. The van der Waals surface area contributed by atoms with Crippen LogP contribution in [0.25, 0.3) is 0 Å². The van der Waals surface area contributed by atoms with Crippen LogP contribution in [0.15, 0.2) is 12.3 Å². The first-order valence-corrected chi connectivity index (χ1v) is 3.71. The fourth-order valence-electron chi connectivity index (χ4n) is 1.07. The second-order valence-corrected chi connectivity index (χ2v) is 2.99. The van der Waals surface area contributed by atoms with Gasteiger partial charge in [-0.3, -0.25) is 5.10 Å². The molecule has 4 nitrogen and oxygen atoms in total. The van der Waals surface area contributed by atoms with Gasteiger partial charge in [-0.15, -0.1) is 0 Å². The third-order valence-corrected chi connectivity index (χ3v) is 1.65. The van der Waals surface area contributed by atoms with Gasteiger partial charge in [0, 0.05) is 28.0 Å². The molecule has 0 saturated carbocycles. The Morgan fingerprint density at radius 3 is 3.25 bits per heavy atom. The molecular formula is C8H13N3O. The maximum Gasteiger partial charge on any atom is 0.150 e. The zero-order valence-corrected chi connectivity index (χ0v) is 6.70. The van der Waals surface area contributed by atoms with E-state index in [1.165, 1.54) is 19.2 Å². The molecule has 0 aliphatic carbocycles. The first-order valence-electron chi connectivity index (χ1n) is 5.71. The molecule has 4 heteroatoms. The van der Waals surface area contributed by atoms with Gasteiger partial charge >= 0.3 is 0 Å². The lowest BCUT2D eigenvalue weighted by molar-refractivity contribution is 0.0839. The molecule has 1 aromatic rings. The van der Waals surface area contributed by atoms with Crippen molar-refractivity contribution < 1.29 is 10.6 Å². The van der Waals surface area contributed by atoms with E-state index in [-0.39, 0.29) is 12.2 Å². The summed E-state index contributed by atoms with van der Waals surface area (Å²) in [6.45, 7) is -2.88. The fourth-order valence-corrected chi connectivity index (χ4v) is 1.07. The molecule has 2 rings (SSSR count). The van der Waals surface area contributed by atoms with Crippen LogP contribution in [0.5, 0.6) is 0 Å². The molecule has 0 aromatic carbocycles. The van der Waals surface area contributed by atoms with Crippen molar-refractivity contribution in [3.8, 4) is 0 Å². The quantitative estimate of drug-likeness (QED) is 0.642. The van der Waals surface area contributed by atoms with Gasteiger partial charge in [-0.25, -0.2) is 0 Å². The molecule has 0 bridgehead atoms. The smallest absolute Gasteiger partial charge is 0.150 e. The van der Waals surface area contributed by atoms with Crippen LogP contribution >= 0.6 is 0 Å². The van der Waals surface area contributed by atoms with E-state index >= 15 is 0 Å². The zero-order chi connectivity index (χ0) is 12.2. The highest BCUT2D eigenvalue weighted by molar-refractivity contribution is 5.38. The van der Waals surface area contributed by atoms with E-state index in [0.29, 0.717) is 0 Å². The van der Waals surface area contributed by atoms with Gasteiger partial charge in [0.2, 0.25) is 0 Å². The van der Waals surface area contributed by atoms with Crippen LogP contribution in [0.2, 0.25) is 0 Å². The molecule has 1 atom stereocenters. The summed E-state index contributed by atoms with van der Waals surface area (Å²) in [6.07, 6.45) is 1.17. The molecule has 1 unspecified atom stereocenters. The summed E-state index contributed by atoms with van der Waals surface area (Å²) in [6, 6.07) is 1.47. The molecule has 66 valence electrons. The predicted molar refractivity (Wildman–Crippen MR) is 46.0 cm³/mol. The number of aliphatic hydroxyl groups is 1. The minimum absolute atomic E-state index is 0.146. The van der Waals surface area contributed by atoms with Crippen LogP contribution < -0.4 is 4.90 Å². The first kappa shape index (κ1) is 4.28. The van der Waals surface area contributed by atoms with Crippen molar-refractivity contribution in [2.75, 3.05) is 17.9 Å². The molecule has 1 aromatic heterocycles. The Morgan fingerprint density at radius 2 is 2.75 bits per heavy atom. The van der Waals surface area contributed by atoms with Crippen molar-refractivity contribution in [2.24, 2.45) is 0 Å². The maximum absolute atomic E-state index is 9.93. The Bertz CT molecular complexity index is 390. The van der Waals surface area contributed by atoms with Gasteiger partial charge in [0.25, 0.3) is 0 Å². The van der Waals surface area contributed by atoms with Gasteiger partial charge in [-0.1, -0.05) is 0 Å². The van der Waals surface area contributed by atoms with Crippen LogP contribution in [0.3, 0.4) is 0 Å². The number of aromatic amines is 1. The number of nitrogens with one attached hydrogen (secondary N) is 1. The largest absolute Gasteiger partial charge is 0.388 e. The van der Waals surface area contributed by atoms with Crippen molar-refractivity contribution in [3.63, 3.8) is 0 Å². The number of nitrogens with zero attached hydrogens (tertiary/aromatic N) is 2. The van der Waals surface area contributed by atoms with Crippen LogP contribution in [-0.4, -0.2) is 33.9 Å². The summed E-state index contributed by atoms with van der Waals surface area (Å²) in [5.74, 6) is 0.146. The summed E-state index contributed by atoms with van der Waals surface area (Å²) in [7, 11) is 0. The van der Waals surface area contributed by atoms with Crippen molar-refractivity contribution >= 4 is 5.82 Å². The monoisotopic (exact) mass is 171 g/mol. The molecule has 1 fully saturated rings. The topological polar surface area (TPSA) is 52.1 Å². The highest BCUT2D eigenvalue weighted by Gasteiger charge is 2.31. The highest BCUT2D eigenvalue weighted by atomic mass is 16.3. The molecule has 0 spiro atoms. The minimum Gasteiger partial charge on any atom is -0.388 e. The van der Waals surface area contributed by atoms with E-state index in [1.54, 1.807) is 0 Å². The molecule has 1 aliphatic heterocycles. The number of anilines is 1. The molecule has 1 saturated heterocycles. The van der Waals surface area contributed by atoms with Gasteiger partial charge in [0.05, 0.1) is 8.34 Å². The molecule has 1 aliphatic rings. The average molecular weight is 171 g/mol. The number of β-amino-alcohol motifs (C(OH)–C–C–N with tert-alkyl or cyclic N) is 1. The van der Waals surface area contributed by atoms with Crippen LogP contribution in [0, 0.1) is 0 Å². The average Bonchev–Trinajstić information content (AvgIpc) is 2.56. The predicted octanol–water partition coefficient (Wildman–Crippen LogP) is 0.371. The van der Waals surface area contributed by atoms with Crippen molar-refractivity contribution in [1.82, 2.24) is 10.2 Å². The van der Waals surface area contributed by atoms with E-state index in [4.69, 9.17) is 5.48 Å². The van der Waals surface area contributed by atoms with Crippen molar-refractivity contribution in [1.29, 1.82) is 0 Å². The Morgan fingerprint density at radius 1 is 1.92 bits per heavy atom. The molecule has 12 heavy (non-hydrogen) atoms. The van der Waals surface area contributed by atoms with E-state index in [0.717, 1.165) is 4.90 Å².